The quantitative estimate of drug-likeness (QED) is 0.505. The molecule has 0 fully saturated rings. The minimum atomic E-state index is -1.50. The average molecular weight is 400 g/mol. The number of rotatable bonds is 9. The second-order valence-corrected chi connectivity index (χ2v) is 6.51. The van der Waals surface area contributed by atoms with Crippen LogP contribution in [-0.2, 0) is 27.4 Å². The third-order valence-corrected chi connectivity index (χ3v) is 4.15. The SMILES string of the molecule is C[C@H](O)[C@H](NC(=O)[C@@H](Cc1ccccc1)NC(=O)OCc1ccccc1)C(=O)O. The molecule has 0 saturated heterocycles. The Bertz CT molecular complexity index is 810. The van der Waals surface area contributed by atoms with Crippen LogP contribution in [0.15, 0.2) is 60.7 Å². The normalized spacial score (nSPS) is 13.6. The number of amides is 2. The predicted molar refractivity (Wildman–Crippen MR) is 105 cm³/mol. The number of aliphatic hydroxyl groups excluding tert-OH is 1. The van der Waals surface area contributed by atoms with E-state index in [-0.39, 0.29) is 13.0 Å². The molecule has 8 heteroatoms. The highest BCUT2D eigenvalue weighted by Gasteiger charge is 2.29. The topological polar surface area (TPSA) is 125 Å². The van der Waals surface area contributed by atoms with Crippen molar-refractivity contribution in [3.63, 3.8) is 0 Å². The van der Waals surface area contributed by atoms with E-state index in [2.05, 4.69) is 10.6 Å². The third-order valence-electron chi connectivity index (χ3n) is 4.15. The molecule has 154 valence electrons. The Morgan fingerprint density at radius 2 is 1.48 bits per heavy atom. The van der Waals surface area contributed by atoms with E-state index in [9.17, 15) is 19.5 Å². The summed E-state index contributed by atoms with van der Waals surface area (Å²) in [5, 5.41) is 23.5. The molecule has 0 radical (unpaired) electrons. The summed E-state index contributed by atoms with van der Waals surface area (Å²) in [4.78, 5) is 36.1. The van der Waals surface area contributed by atoms with Gasteiger partial charge in [0, 0.05) is 6.42 Å². The molecule has 2 amide bonds. The standard InChI is InChI=1S/C21H24N2O6/c1-14(24)18(20(26)27)23-19(25)17(12-15-8-4-2-5-9-15)22-21(28)29-13-16-10-6-3-7-11-16/h2-11,14,17-18,24H,12-13H2,1H3,(H,22,28)(H,23,25)(H,26,27)/t14-,17+,18-/m0/s1. The first-order valence-electron chi connectivity index (χ1n) is 9.09. The lowest BCUT2D eigenvalue weighted by molar-refractivity contribution is -0.145. The van der Waals surface area contributed by atoms with Gasteiger partial charge in [0.05, 0.1) is 6.10 Å². The summed E-state index contributed by atoms with van der Waals surface area (Å²) in [6, 6.07) is 15.4. The number of aliphatic hydroxyl groups is 1. The zero-order valence-corrected chi connectivity index (χ0v) is 15.9. The van der Waals surface area contributed by atoms with Gasteiger partial charge in [0.1, 0.15) is 12.6 Å². The van der Waals surface area contributed by atoms with E-state index in [0.717, 1.165) is 11.1 Å². The monoisotopic (exact) mass is 400 g/mol. The number of nitrogens with one attached hydrogen (secondary N) is 2. The minimum Gasteiger partial charge on any atom is -0.480 e. The van der Waals surface area contributed by atoms with Crippen LogP contribution in [0.5, 0.6) is 0 Å². The fraction of sp³-hybridized carbons (Fsp3) is 0.286. The van der Waals surface area contributed by atoms with Crippen LogP contribution >= 0.6 is 0 Å². The van der Waals surface area contributed by atoms with Crippen LogP contribution in [0.25, 0.3) is 0 Å². The molecule has 2 aromatic rings. The maximum atomic E-state index is 12.6. The molecule has 0 bridgehead atoms. The van der Waals surface area contributed by atoms with Gasteiger partial charge in [0.25, 0.3) is 0 Å². The first-order valence-corrected chi connectivity index (χ1v) is 9.09. The lowest BCUT2D eigenvalue weighted by Crippen LogP contribution is -2.55. The van der Waals surface area contributed by atoms with Crippen LogP contribution in [0.2, 0.25) is 0 Å². The van der Waals surface area contributed by atoms with Crippen LogP contribution in [0.4, 0.5) is 4.79 Å². The van der Waals surface area contributed by atoms with Gasteiger partial charge in [-0.25, -0.2) is 9.59 Å². The molecular weight excluding hydrogens is 376 g/mol. The number of aliphatic carboxylic acids is 1. The lowest BCUT2D eigenvalue weighted by Gasteiger charge is -2.22. The smallest absolute Gasteiger partial charge is 0.408 e. The van der Waals surface area contributed by atoms with Crippen molar-refractivity contribution >= 4 is 18.0 Å². The Morgan fingerprint density at radius 1 is 0.931 bits per heavy atom. The van der Waals surface area contributed by atoms with Crippen molar-refractivity contribution in [3.8, 4) is 0 Å². The minimum absolute atomic E-state index is 0.0256. The van der Waals surface area contributed by atoms with Crippen LogP contribution in [-0.4, -0.2) is 46.4 Å². The number of carboxylic acids is 1. The van der Waals surface area contributed by atoms with Gasteiger partial charge < -0.3 is 25.6 Å². The maximum absolute atomic E-state index is 12.6. The highest BCUT2D eigenvalue weighted by atomic mass is 16.5. The van der Waals surface area contributed by atoms with E-state index < -0.39 is 36.2 Å². The van der Waals surface area contributed by atoms with E-state index in [1.807, 2.05) is 24.3 Å². The molecule has 0 heterocycles. The molecule has 0 saturated carbocycles. The lowest BCUT2D eigenvalue weighted by atomic mass is 10.0. The molecule has 0 unspecified atom stereocenters. The van der Waals surface area contributed by atoms with Crippen molar-refractivity contribution in [2.24, 2.45) is 0 Å². The molecule has 0 spiro atoms. The summed E-state index contributed by atoms with van der Waals surface area (Å²) in [6.07, 6.45) is -1.99. The fourth-order valence-electron chi connectivity index (χ4n) is 2.61. The van der Waals surface area contributed by atoms with E-state index in [4.69, 9.17) is 9.84 Å². The molecular formula is C21H24N2O6. The van der Waals surface area contributed by atoms with E-state index in [1.54, 1.807) is 36.4 Å². The number of carbonyl (C=O) groups is 3. The molecule has 0 aliphatic carbocycles. The van der Waals surface area contributed by atoms with Gasteiger partial charge in [-0.1, -0.05) is 60.7 Å². The van der Waals surface area contributed by atoms with E-state index in [0.29, 0.717) is 0 Å². The van der Waals surface area contributed by atoms with Gasteiger partial charge in [-0.05, 0) is 18.1 Å². The Hall–Kier alpha value is -3.39. The number of hydrogen-bond donors (Lipinski definition) is 4. The van der Waals surface area contributed by atoms with Gasteiger partial charge in [0.2, 0.25) is 5.91 Å². The highest BCUT2D eigenvalue weighted by molar-refractivity contribution is 5.89. The first kappa shape index (κ1) is 21.9. The van der Waals surface area contributed by atoms with Crippen molar-refractivity contribution in [2.45, 2.75) is 38.1 Å². The van der Waals surface area contributed by atoms with Gasteiger partial charge >= 0.3 is 12.1 Å². The summed E-state index contributed by atoms with van der Waals surface area (Å²) in [7, 11) is 0. The number of carboxylic acid groups (broad SMARTS) is 1. The Balaban J connectivity index is 2.06. The van der Waals surface area contributed by atoms with Crippen molar-refractivity contribution in [1.29, 1.82) is 0 Å². The summed E-state index contributed by atoms with van der Waals surface area (Å²) in [5.74, 6) is -2.11. The van der Waals surface area contributed by atoms with Gasteiger partial charge in [-0.3, -0.25) is 4.79 Å². The second kappa shape index (κ2) is 10.8. The molecule has 2 aromatic carbocycles. The molecule has 0 aromatic heterocycles. The average Bonchev–Trinajstić information content (AvgIpc) is 2.71. The van der Waals surface area contributed by atoms with Gasteiger partial charge in [-0.2, -0.15) is 0 Å². The van der Waals surface area contributed by atoms with Crippen molar-refractivity contribution in [2.75, 3.05) is 0 Å². The van der Waals surface area contributed by atoms with Crippen LogP contribution in [0.3, 0.4) is 0 Å². The summed E-state index contributed by atoms with van der Waals surface area (Å²) in [6.45, 7) is 1.28. The van der Waals surface area contributed by atoms with E-state index >= 15 is 0 Å². The first-order chi connectivity index (χ1) is 13.9. The number of hydrogen-bond acceptors (Lipinski definition) is 5. The predicted octanol–water partition coefficient (Wildman–Crippen LogP) is 1.47. The van der Waals surface area contributed by atoms with Gasteiger partial charge in [0.15, 0.2) is 6.04 Å². The molecule has 2 rings (SSSR count). The van der Waals surface area contributed by atoms with Crippen molar-refractivity contribution in [3.05, 3.63) is 71.8 Å². The summed E-state index contributed by atoms with van der Waals surface area (Å²) >= 11 is 0. The second-order valence-electron chi connectivity index (χ2n) is 6.51. The highest BCUT2D eigenvalue weighted by Crippen LogP contribution is 2.06. The van der Waals surface area contributed by atoms with Crippen LogP contribution in [0.1, 0.15) is 18.1 Å². The van der Waals surface area contributed by atoms with E-state index in [1.165, 1.54) is 6.92 Å². The number of carbonyl (C=O) groups excluding carboxylic acids is 2. The largest absolute Gasteiger partial charge is 0.480 e. The Morgan fingerprint density at radius 3 is 2.00 bits per heavy atom. The number of alkyl carbamates (subject to hydrolysis) is 1. The molecule has 29 heavy (non-hydrogen) atoms. The molecule has 3 atom stereocenters. The Kier molecular flexibility index (Phi) is 8.17. The van der Waals surface area contributed by atoms with Crippen molar-refractivity contribution < 1.29 is 29.3 Å². The zero-order chi connectivity index (χ0) is 21.2. The van der Waals surface area contributed by atoms with Crippen LogP contribution < -0.4 is 10.6 Å². The fourth-order valence-corrected chi connectivity index (χ4v) is 2.61. The van der Waals surface area contributed by atoms with Gasteiger partial charge in [-0.15, -0.1) is 0 Å². The van der Waals surface area contributed by atoms with Crippen molar-refractivity contribution in [1.82, 2.24) is 10.6 Å². The summed E-state index contributed by atoms with van der Waals surface area (Å²) < 4.78 is 5.15. The maximum Gasteiger partial charge on any atom is 0.408 e. The number of ether oxygens (including phenoxy) is 1. The van der Waals surface area contributed by atoms with Crippen LogP contribution in [0, 0.1) is 0 Å². The molecule has 0 aliphatic rings. The Labute approximate surface area is 168 Å². The molecule has 0 aliphatic heterocycles. The zero-order valence-electron chi connectivity index (χ0n) is 15.9. The third kappa shape index (κ3) is 7.27. The molecule has 8 nitrogen and oxygen atoms in total. The number of benzene rings is 2. The summed E-state index contributed by atoms with van der Waals surface area (Å²) in [5.41, 5.74) is 1.55. The molecule has 4 N–H and O–H groups in total.